The van der Waals surface area contributed by atoms with Crippen molar-refractivity contribution in [2.24, 2.45) is 0 Å². The van der Waals surface area contributed by atoms with E-state index in [0.717, 1.165) is 61.6 Å². The summed E-state index contributed by atoms with van der Waals surface area (Å²) in [5.74, 6) is 3.44. The van der Waals surface area contributed by atoms with E-state index in [-0.39, 0.29) is 6.71 Å². The van der Waals surface area contributed by atoms with Crippen molar-refractivity contribution in [3.8, 4) is 45.3 Å². The first-order valence-corrected chi connectivity index (χ1v) is 10.9. The van der Waals surface area contributed by atoms with E-state index in [0.29, 0.717) is 0 Å². The molecule has 0 fully saturated rings. The number of benzene rings is 3. The zero-order valence-corrected chi connectivity index (χ0v) is 17.6. The smallest absolute Gasteiger partial charge is 0.260 e. The van der Waals surface area contributed by atoms with Crippen LogP contribution in [0.1, 0.15) is 0 Å². The fourth-order valence-electron chi connectivity index (χ4n) is 4.96. The molecular weight excluding hydrogens is 407 g/mol. The van der Waals surface area contributed by atoms with Crippen molar-refractivity contribution in [1.29, 1.82) is 0 Å². The molecule has 3 aromatic carbocycles. The van der Waals surface area contributed by atoms with Crippen molar-refractivity contribution in [2.75, 3.05) is 0 Å². The zero-order chi connectivity index (χ0) is 21.8. The van der Waals surface area contributed by atoms with Crippen LogP contribution in [0.2, 0.25) is 0 Å². The lowest BCUT2D eigenvalue weighted by Gasteiger charge is -2.35. The van der Waals surface area contributed by atoms with E-state index in [1.165, 1.54) is 0 Å². The molecule has 0 amide bonds. The van der Waals surface area contributed by atoms with E-state index in [4.69, 9.17) is 9.47 Å². The summed E-state index contributed by atoms with van der Waals surface area (Å²) in [6.45, 7) is 0.0206. The molecule has 0 saturated carbocycles. The number of aromatic nitrogens is 2. The molecule has 2 aliphatic heterocycles. The standard InChI is InChI=1S/C28H17BN2O2/c1-3-7-24-22(5-1)29-23-6-2-4-8-25(23)33-28-21(19-11-15-31-16-12-19)17-20(27(32-24)26(28)29)18-9-13-30-14-10-18/h1-17H. The Morgan fingerprint density at radius 3 is 1.48 bits per heavy atom. The Bertz CT molecular complexity index is 1410. The summed E-state index contributed by atoms with van der Waals surface area (Å²) in [6.07, 6.45) is 7.25. The molecule has 0 aliphatic carbocycles. The molecule has 5 aromatic rings. The van der Waals surface area contributed by atoms with Crippen LogP contribution in [0.25, 0.3) is 22.3 Å². The second-order valence-corrected chi connectivity index (χ2v) is 8.23. The third-order valence-electron chi connectivity index (χ3n) is 6.42. The minimum Gasteiger partial charge on any atom is -0.458 e. The highest BCUT2D eigenvalue weighted by Crippen LogP contribution is 2.45. The highest BCUT2D eigenvalue weighted by Gasteiger charge is 2.42. The highest BCUT2D eigenvalue weighted by molar-refractivity contribution is 6.98. The number of para-hydroxylation sites is 2. The van der Waals surface area contributed by atoms with E-state index < -0.39 is 0 Å². The Balaban J connectivity index is 1.61. The lowest BCUT2D eigenvalue weighted by molar-refractivity contribution is 0.467. The number of hydrogen-bond donors (Lipinski definition) is 0. The number of rotatable bonds is 2. The van der Waals surface area contributed by atoms with Crippen LogP contribution in [0.4, 0.5) is 0 Å². The second-order valence-electron chi connectivity index (χ2n) is 8.23. The number of ether oxygens (including phenoxy) is 2. The van der Waals surface area contributed by atoms with E-state index in [2.05, 4.69) is 40.3 Å². The Morgan fingerprint density at radius 2 is 1.00 bits per heavy atom. The third-order valence-corrected chi connectivity index (χ3v) is 6.42. The predicted octanol–water partition coefficient (Wildman–Crippen LogP) is 4.54. The van der Waals surface area contributed by atoms with E-state index >= 15 is 0 Å². The maximum absolute atomic E-state index is 6.60. The quantitative estimate of drug-likeness (QED) is 0.383. The summed E-state index contributed by atoms with van der Waals surface area (Å²) >= 11 is 0. The second kappa shape index (κ2) is 7.07. The monoisotopic (exact) mass is 424 g/mol. The van der Waals surface area contributed by atoms with E-state index in [1.807, 2.05) is 73.3 Å². The number of fused-ring (bicyclic) bond motifs is 4. The van der Waals surface area contributed by atoms with Crippen molar-refractivity contribution in [2.45, 2.75) is 0 Å². The van der Waals surface area contributed by atoms with Crippen LogP contribution in [0.5, 0.6) is 23.0 Å². The molecule has 0 bridgehead atoms. The molecule has 4 heterocycles. The van der Waals surface area contributed by atoms with Gasteiger partial charge in [-0.3, -0.25) is 9.97 Å². The molecule has 5 heteroatoms. The summed E-state index contributed by atoms with van der Waals surface area (Å²) < 4.78 is 13.2. The topological polar surface area (TPSA) is 44.2 Å². The van der Waals surface area contributed by atoms with Gasteiger partial charge in [-0.15, -0.1) is 0 Å². The highest BCUT2D eigenvalue weighted by atomic mass is 16.5. The van der Waals surface area contributed by atoms with Crippen LogP contribution in [0, 0.1) is 0 Å². The number of pyridine rings is 2. The lowest BCUT2D eigenvalue weighted by Crippen LogP contribution is -2.57. The van der Waals surface area contributed by atoms with Crippen molar-refractivity contribution >= 4 is 23.1 Å². The van der Waals surface area contributed by atoms with Crippen LogP contribution < -0.4 is 25.9 Å². The summed E-state index contributed by atoms with van der Waals surface area (Å²) in [4.78, 5) is 8.43. The van der Waals surface area contributed by atoms with E-state index in [1.54, 1.807) is 0 Å². The van der Waals surface area contributed by atoms with Crippen LogP contribution in [0.15, 0.2) is 104 Å². The molecule has 33 heavy (non-hydrogen) atoms. The van der Waals surface area contributed by atoms with Crippen molar-refractivity contribution < 1.29 is 9.47 Å². The van der Waals surface area contributed by atoms with Crippen LogP contribution in [-0.4, -0.2) is 16.7 Å². The van der Waals surface area contributed by atoms with Gasteiger partial charge in [-0.25, -0.2) is 0 Å². The molecule has 2 aliphatic rings. The average Bonchev–Trinajstić information content (AvgIpc) is 2.89. The summed E-state index contributed by atoms with van der Waals surface area (Å²) in [5, 5.41) is 0. The molecule has 0 N–H and O–H groups in total. The van der Waals surface area contributed by atoms with Gasteiger partial charge in [-0.1, -0.05) is 36.4 Å². The molecule has 154 valence electrons. The van der Waals surface area contributed by atoms with Crippen molar-refractivity contribution in [3.63, 3.8) is 0 Å². The largest absolute Gasteiger partial charge is 0.458 e. The predicted molar refractivity (Wildman–Crippen MR) is 131 cm³/mol. The summed E-state index contributed by atoms with van der Waals surface area (Å²) in [6, 6.07) is 26.8. The first-order valence-electron chi connectivity index (χ1n) is 10.9. The summed E-state index contributed by atoms with van der Waals surface area (Å²) in [7, 11) is 0. The Morgan fingerprint density at radius 1 is 0.545 bits per heavy atom. The first kappa shape index (κ1) is 18.2. The molecule has 7 rings (SSSR count). The normalized spacial score (nSPS) is 12.7. The van der Waals surface area contributed by atoms with Gasteiger partial charge in [-0.2, -0.15) is 0 Å². The molecular formula is C28H17BN2O2. The van der Waals surface area contributed by atoms with Gasteiger partial charge in [0, 0.05) is 41.4 Å². The van der Waals surface area contributed by atoms with Gasteiger partial charge >= 0.3 is 0 Å². The summed E-state index contributed by atoms with van der Waals surface area (Å²) in [5.41, 5.74) is 7.50. The molecule has 0 unspecified atom stereocenters. The molecule has 0 atom stereocenters. The lowest BCUT2D eigenvalue weighted by atomic mass is 9.34. The van der Waals surface area contributed by atoms with Crippen LogP contribution >= 0.6 is 0 Å². The maximum Gasteiger partial charge on any atom is 0.260 e. The van der Waals surface area contributed by atoms with Crippen molar-refractivity contribution in [1.82, 2.24) is 9.97 Å². The molecule has 0 spiro atoms. The minimum absolute atomic E-state index is 0.0206. The number of nitrogens with zero attached hydrogens (tertiary/aromatic N) is 2. The Hall–Kier alpha value is -4.38. The maximum atomic E-state index is 6.60. The van der Waals surface area contributed by atoms with E-state index in [9.17, 15) is 0 Å². The number of hydrogen-bond acceptors (Lipinski definition) is 4. The minimum atomic E-state index is 0.0206. The van der Waals surface area contributed by atoms with Crippen LogP contribution in [0.3, 0.4) is 0 Å². The van der Waals surface area contributed by atoms with Crippen molar-refractivity contribution in [3.05, 3.63) is 104 Å². The first-order chi connectivity index (χ1) is 16.4. The SMILES string of the molecule is c1ccc2c(c1)Oc1c(-c3ccncc3)cc(-c3ccncc3)c3c1B2c1ccccc1O3. The molecule has 4 nitrogen and oxygen atoms in total. The van der Waals surface area contributed by atoms with Crippen LogP contribution in [-0.2, 0) is 0 Å². The van der Waals surface area contributed by atoms with Gasteiger partial charge in [0.1, 0.15) is 23.0 Å². The Kier molecular flexibility index (Phi) is 3.90. The van der Waals surface area contributed by atoms with Gasteiger partial charge < -0.3 is 9.47 Å². The fourth-order valence-corrected chi connectivity index (χ4v) is 4.96. The average molecular weight is 424 g/mol. The molecule has 2 aromatic heterocycles. The van der Waals surface area contributed by atoms with Gasteiger partial charge in [-0.05, 0) is 64.5 Å². The van der Waals surface area contributed by atoms with Gasteiger partial charge in [0.15, 0.2) is 0 Å². The zero-order valence-electron chi connectivity index (χ0n) is 17.6. The third kappa shape index (κ3) is 2.72. The fraction of sp³-hybridized carbons (Fsp3) is 0. The molecule has 0 radical (unpaired) electrons. The van der Waals surface area contributed by atoms with Gasteiger partial charge in [0.05, 0.1) is 0 Å². The van der Waals surface area contributed by atoms with Gasteiger partial charge in [0.2, 0.25) is 0 Å². The molecule has 0 saturated heterocycles. The van der Waals surface area contributed by atoms with Gasteiger partial charge in [0.25, 0.3) is 6.71 Å². The Labute approximate surface area is 191 Å².